The molecule has 0 aliphatic heterocycles. The number of nitrogens with one attached hydrogen (secondary N) is 1. The van der Waals surface area contributed by atoms with Crippen LogP contribution in [0.1, 0.15) is 17.3 Å². The van der Waals surface area contributed by atoms with Crippen LogP contribution in [0.15, 0.2) is 30.5 Å². The lowest BCUT2D eigenvalue weighted by molar-refractivity contribution is 0.347. The van der Waals surface area contributed by atoms with Crippen LogP contribution in [0.4, 0.5) is 0 Å². The third-order valence-corrected chi connectivity index (χ3v) is 3.34. The molecule has 1 N–H and O–H groups in total. The third kappa shape index (κ3) is 2.93. The first-order valence-corrected chi connectivity index (χ1v) is 6.56. The Kier molecular flexibility index (Phi) is 4.63. The molecule has 0 aliphatic rings. The molecule has 1 aromatic carbocycles. The predicted molar refractivity (Wildman–Crippen MR) is 78.3 cm³/mol. The second-order valence-electron chi connectivity index (χ2n) is 4.61. The number of para-hydroxylation sites is 1. The Labute approximate surface area is 119 Å². The summed E-state index contributed by atoms with van der Waals surface area (Å²) in [6.07, 6.45) is 2.74. The highest BCUT2D eigenvalue weighted by Gasteiger charge is 2.19. The molecule has 0 saturated heterocycles. The highest BCUT2D eigenvalue weighted by Crippen LogP contribution is 2.35. The van der Waals surface area contributed by atoms with Crippen LogP contribution in [-0.4, -0.2) is 31.0 Å². The number of hydrogen-bond donors (Lipinski definition) is 1. The van der Waals surface area contributed by atoms with E-state index in [2.05, 4.69) is 10.4 Å². The number of aryl methyl sites for hydroxylation is 1. The summed E-state index contributed by atoms with van der Waals surface area (Å²) in [5.41, 5.74) is 2.11. The Morgan fingerprint density at radius 2 is 2.05 bits per heavy atom. The van der Waals surface area contributed by atoms with Crippen molar-refractivity contribution in [2.45, 2.75) is 12.5 Å². The van der Waals surface area contributed by atoms with Gasteiger partial charge in [-0.2, -0.15) is 5.10 Å². The smallest absolute Gasteiger partial charge is 0.165 e. The third-order valence-electron chi connectivity index (χ3n) is 3.34. The summed E-state index contributed by atoms with van der Waals surface area (Å²) < 4.78 is 12.7. The van der Waals surface area contributed by atoms with E-state index in [9.17, 15) is 0 Å². The van der Waals surface area contributed by atoms with E-state index in [1.807, 2.05) is 49.2 Å². The van der Waals surface area contributed by atoms with Crippen LogP contribution >= 0.6 is 0 Å². The van der Waals surface area contributed by atoms with Crippen LogP contribution in [0.2, 0.25) is 0 Å². The number of nitrogens with zero attached hydrogens (tertiary/aromatic N) is 2. The van der Waals surface area contributed by atoms with Crippen molar-refractivity contribution in [1.82, 2.24) is 15.1 Å². The highest BCUT2D eigenvalue weighted by atomic mass is 16.5. The SMILES string of the molecule is CNC(Cc1ccn(C)n1)c1cccc(OC)c1OC. The number of benzene rings is 1. The fourth-order valence-corrected chi connectivity index (χ4v) is 2.34. The predicted octanol–water partition coefficient (Wildman–Crippen LogP) is 1.94. The van der Waals surface area contributed by atoms with E-state index < -0.39 is 0 Å². The lowest BCUT2D eigenvalue weighted by atomic mass is 10.0. The Balaban J connectivity index is 2.31. The molecule has 1 heterocycles. The molecule has 0 saturated carbocycles. The largest absolute Gasteiger partial charge is 0.493 e. The van der Waals surface area contributed by atoms with Gasteiger partial charge in [-0.15, -0.1) is 0 Å². The number of aromatic nitrogens is 2. The van der Waals surface area contributed by atoms with E-state index in [1.165, 1.54) is 0 Å². The molecular weight excluding hydrogens is 254 g/mol. The van der Waals surface area contributed by atoms with Crippen molar-refractivity contribution in [1.29, 1.82) is 0 Å². The van der Waals surface area contributed by atoms with Crippen LogP contribution in [0.3, 0.4) is 0 Å². The molecule has 5 heteroatoms. The van der Waals surface area contributed by atoms with Crippen molar-refractivity contribution in [3.8, 4) is 11.5 Å². The van der Waals surface area contributed by atoms with Crippen molar-refractivity contribution in [2.24, 2.45) is 7.05 Å². The van der Waals surface area contributed by atoms with Crippen LogP contribution < -0.4 is 14.8 Å². The summed E-state index contributed by atoms with van der Waals surface area (Å²) in [5, 5.41) is 7.74. The molecule has 1 unspecified atom stereocenters. The molecule has 0 bridgehead atoms. The molecule has 0 spiro atoms. The maximum atomic E-state index is 5.50. The topological polar surface area (TPSA) is 48.3 Å². The first-order chi connectivity index (χ1) is 9.69. The quantitative estimate of drug-likeness (QED) is 0.875. The zero-order valence-electron chi connectivity index (χ0n) is 12.4. The van der Waals surface area contributed by atoms with Gasteiger partial charge in [0.25, 0.3) is 0 Å². The molecule has 2 rings (SSSR count). The minimum absolute atomic E-state index is 0.120. The highest BCUT2D eigenvalue weighted by molar-refractivity contribution is 5.48. The van der Waals surface area contributed by atoms with Crippen molar-refractivity contribution in [3.63, 3.8) is 0 Å². The molecular formula is C15H21N3O2. The van der Waals surface area contributed by atoms with Gasteiger partial charge in [0.05, 0.1) is 19.9 Å². The monoisotopic (exact) mass is 275 g/mol. The summed E-state index contributed by atoms with van der Waals surface area (Å²) in [6.45, 7) is 0. The first kappa shape index (κ1) is 14.4. The second-order valence-corrected chi connectivity index (χ2v) is 4.61. The van der Waals surface area contributed by atoms with Gasteiger partial charge in [0.1, 0.15) is 0 Å². The number of hydrogen-bond acceptors (Lipinski definition) is 4. The lowest BCUT2D eigenvalue weighted by Crippen LogP contribution is -2.20. The minimum Gasteiger partial charge on any atom is -0.493 e. The minimum atomic E-state index is 0.120. The van der Waals surface area contributed by atoms with Crippen LogP contribution in [-0.2, 0) is 13.5 Å². The summed E-state index contributed by atoms with van der Waals surface area (Å²) in [5.74, 6) is 1.51. The van der Waals surface area contributed by atoms with Crippen molar-refractivity contribution >= 4 is 0 Å². The maximum absolute atomic E-state index is 5.50. The molecule has 0 aliphatic carbocycles. The Hall–Kier alpha value is -2.01. The summed E-state index contributed by atoms with van der Waals surface area (Å²) in [6, 6.07) is 8.06. The average molecular weight is 275 g/mol. The van der Waals surface area contributed by atoms with Gasteiger partial charge < -0.3 is 14.8 Å². The number of rotatable bonds is 6. The number of methoxy groups -OCH3 is 2. The molecule has 2 aromatic rings. The molecule has 0 fully saturated rings. The zero-order valence-corrected chi connectivity index (χ0v) is 12.4. The second kappa shape index (κ2) is 6.43. The first-order valence-electron chi connectivity index (χ1n) is 6.56. The zero-order chi connectivity index (χ0) is 14.5. The summed E-state index contributed by atoms with van der Waals surface area (Å²) in [7, 11) is 7.17. The molecule has 1 atom stereocenters. The van der Waals surface area contributed by atoms with E-state index in [-0.39, 0.29) is 6.04 Å². The van der Waals surface area contributed by atoms with Gasteiger partial charge in [-0.1, -0.05) is 12.1 Å². The fourth-order valence-electron chi connectivity index (χ4n) is 2.34. The van der Waals surface area contributed by atoms with Crippen molar-refractivity contribution in [3.05, 3.63) is 41.7 Å². The standard InChI is InChI=1S/C15H21N3O2/c1-16-13(10-11-8-9-18(2)17-11)12-6-5-7-14(19-3)15(12)20-4/h5-9,13,16H,10H2,1-4H3. The van der Waals surface area contributed by atoms with Crippen molar-refractivity contribution < 1.29 is 9.47 Å². The van der Waals surface area contributed by atoms with E-state index in [0.29, 0.717) is 0 Å². The fraction of sp³-hybridized carbons (Fsp3) is 0.400. The summed E-state index contributed by atoms with van der Waals surface area (Å²) >= 11 is 0. The van der Waals surface area contributed by atoms with E-state index >= 15 is 0 Å². The Bertz CT molecular complexity index is 566. The van der Waals surface area contributed by atoms with E-state index in [0.717, 1.165) is 29.2 Å². The van der Waals surface area contributed by atoms with Crippen LogP contribution in [0, 0.1) is 0 Å². The Morgan fingerprint density at radius 3 is 2.60 bits per heavy atom. The van der Waals surface area contributed by atoms with Crippen LogP contribution in [0.5, 0.6) is 11.5 Å². The normalized spacial score (nSPS) is 12.2. The van der Waals surface area contributed by atoms with Gasteiger partial charge in [0.15, 0.2) is 11.5 Å². The molecule has 5 nitrogen and oxygen atoms in total. The summed E-state index contributed by atoms with van der Waals surface area (Å²) in [4.78, 5) is 0. The number of ether oxygens (including phenoxy) is 2. The van der Waals surface area contributed by atoms with Gasteiger partial charge in [0, 0.05) is 31.3 Å². The van der Waals surface area contributed by atoms with Crippen LogP contribution in [0.25, 0.3) is 0 Å². The van der Waals surface area contributed by atoms with Crippen molar-refractivity contribution in [2.75, 3.05) is 21.3 Å². The van der Waals surface area contributed by atoms with Gasteiger partial charge in [-0.3, -0.25) is 4.68 Å². The Morgan fingerprint density at radius 1 is 1.25 bits per heavy atom. The van der Waals surface area contributed by atoms with E-state index in [4.69, 9.17) is 9.47 Å². The lowest BCUT2D eigenvalue weighted by Gasteiger charge is -2.20. The van der Waals surface area contributed by atoms with Gasteiger partial charge in [0.2, 0.25) is 0 Å². The molecule has 0 radical (unpaired) electrons. The average Bonchev–Trinajstić information content (AvgIpc) is 2.89. The molecule has 20 heavy (non-hydrogen) atoms. The van der Waals surface area contributed by atoms with Gasteiger partial charge >= 0.3 is 0 Å². The van der Waals surface area contributed by atoms with Gasteiger partial charge in [-0.05, 0) is 19.2 Å². The number of likely N-dealkylation sites (N-methyl/N-ethyl adjacent to an activating group) is 1. The molecule has 108 valence electrons. The molecule has 1 aromatic heterocycles. The van der Waals surface area contributed by atoms with Gasteiger partial charge in [-0.25, -0.2) is 0 Å². The molecule has 0 amide bonds. The maximum Gasteiger partial charge on any atom is 0.165 e. The van der Waals surface area contributed by atoms with E-state index in [1.54, 1.807) is 14.2 Å².